The molecule has 1 aromatic heterocycles. The van der Waals surface area contributed by atoms with Gasteiger partial charge in [0, 0.05) is 18.5 Å². The van der Waals surface area contributed by atoms with Gasteiger partial charge in [-0.1, -0.05) is 13.8 Å². The number of hydrogen-bond donors (Lipinski definition) is 1. The molecule has 1 aromatic rings. The molecule has 114 valence electrons. The van der Waals surface area contributed by atoms with Crippen molar-refractivity contribution in [2.24, 2.45) is 0 Å². The number of likely N-dealkylation sites (tertiary alicyclic amines) is 1. The highest BCUT2D eigenvalue weighted by atomic mass is 15.4. The highest BCUT2D eigenvalue weighted by molar-refractivity contribution is 5.02. The van der Waals surface area contributed by atoms with E-state index >= 15 is 0 Å². The van der Waals surface area contributed by atoms with Gasteiger partial charge in [-0.15, -0.1) is 0 Å². The van der Waals surface area contributed by atoms with E-state index in [0.717, 1.165) is 31.3 Å². The van der Waals surface area contributed by atoms with Crippen LogP contribution in [-0.2, 0) is 13.1 Å². The number of nitrogens with one attached hydrogen (secondary N) is 1. The van der Waals surface area contributed by atoms with Crippen LogP contribution in [0.4, 0.5) is 0 Å². The van der Waals surface area contributed by atoms with Crippen LogP contribution in [0.25, 0.3) is 0 Å². The Morgan fingerprint density at radius 2 is 1.85 bits per heavy atom. The first-order valence-electron chi connectivity index (χ1n) is 8.12. The molecule has 0 atom stereocenters. The van der Waals surface area contributed by atoms with E-state index in [9.17, 15) is 0 Å². The molecule has 3 heterocycles. The first-order chi connectivity index (χ1) is 9.74. The topological polar surface area (TPSA) is 46.0 Å². The minimum absolute atomic E-state index is 0.568. The zero-order chi connectivity index (χ0) is 14.5. The van der Waals surface area contributed by atoms with Gasteiger partial charge in [0.25, 0.3) is 0 Å². The molecule has 1 saturated heterocycles. The molecule has 20 heavy (non-hydrogen) atoms. The molecule has 5 heteroatoms. The Morgan fingerprint density at radius 1 is 1.15 bits per heavy atom. The first-order valence-corrected chi connectivity index (χ1v) is 8.12. The second kappa shape index (κ2) is 7.18. The van der Waals surface area contributed by atoms with Crippen molar-refractivity contribution in [1.82, 2.24) is 25.0 Å². The molecule has 0 aromatic carbocycles. The number of fused-ring (bicyclic) bond motifs is 1. The zero-order valence-corrected chi connectivity index (χ0v) is 13.4. The van der Waals surface area contributed by atoms with Crippen molar-refractivity contribution in [2.45, 2.75) is 65.6 Å². The Hall–Kier alpha value is -0.940. The Bertz CT molecular complexity index is 381. The van der Waals surface area contributed by atoms with Crippen molar-refractivity contribution in [2.75, 3.05) is 19.6 Å². The summed E-state index contributed by atoms with van der Waals surface area (Å²) >= 11 is 0. The molecular weight excluding hydrogens is 250 g/mol. The summed E-state index contributed by atoms with van der Waals surface area (Å²) in [5.41, 5.74) is 0. The lowest BCUT2D eigenvalue weighted by molar-refractivity contribution is 0.169. The van der Waals surface area contributed by atoms with Crippen molar-refractivity contribution in [3.05, 3.63) is 11.6 Å². The summed E-state index contributed by atoms with van der Waals surface area (Å²) in [5.74, 6) is 2.76. The van der Waals surface area contributed by atoms with Crippen molar-refractivity contribution < 1.29 is 0 Å². The average molecular weight is 279 g/mol. The normalized spacial score (nSPS) is 20.4. The predicted molar refractivity (Wildman–Crippen MR) is 81.8 cm³/mol. The van der Waals surface area contributed by atoms with Crippen molar-refractivity contribution in [1.29, 1.82) is 0 Å². The second-order valence-electron chi connectivity index (χ2n) is 5.69. The lowest BCUT2D eigenvalue weighted by Crippen LogP contribution is -2.38. The highest BCUT2D eigenvalue weighted by Gasteiger charge is 2.26. The largest absolute Gasteiger partial charge is 0.308 e. The van der Waals surface area contributed by atoms with E-state index in [1.165, 1.54) is 25.9 Å². The van der Waals surface area contributed by atoms with E-state index in [-0.39, 0.29) is 0 Å². The van der Waals surface area contributed by atoms with Crippen LogP contribution in [0.3, 0.4) is 0 Å². The Kier molecular flexibility index (Phi) is 5.54. The summed E-state index contributed by atoms with van der Waals surface area (Å²) in [6.45, 7) is 13.8. The van der Waals surface area contributed by atoms with Crippen LogP contribution in [-0.4, -0.2) is 45.3 Å². The fourth-order valence-electron chi connectivity index (χ4n) is 2.94. The average Bonchev–Trinajstić information content (AvgIpc) is 2.93. The quantitative estimate of drug-likeness (QED) is 0.899. The number of rotatable bonds is 2. The SMILES string of the molecule is CC.CC(C)N1CCC(c2nc3n(n2)CCNC3)CC1. The van der Waals surface area contributed by atoms with Crippen LogP contribution in [0.15, 0.2) is 0 Å². The standard InChI is InChI=1S/C13H23N5.C2H6/c1-10(2)17-6-3-11(4-7-17)13-15-12-9-14-5-8-18(12)16-13;1-2/h10-11,14H,3-9H2,1-2H3;1-2H3. The van der Waals surface area contributed by atoms with Crippen LogP contribution in [0.5, 0.6) is 0 Å². The van der Waals surface area contributed by atoms with E-state index < -0.39 is 0 Å². The van der Waals surface area contributed by atoms with Crippen LogP contribution in [0.1, 0.15) is 58.1 Å². The molecule has 0 saturated carbocycles. The summed E-state index contributed by atoms with van der Waals surface area (Å²) < 4.78 is 2.08. The van der Waals surface area contributed by atoms with Gasteiger partial charge in [0.2, 0.25) is 0 Å². The molecule has 0 spiro atoms. The molecule has 1 fully saturated rings. The maximum atomic E-state index is 4.72. The van der Waals surface area contributed by atoms with E-state index in [4.69, 9.17) is 10.1 Å². The molecule has 2 aliphatic rings. The fraction of sp³-hybridized carbons (Fsp3) is 0.867. The molecule has 5 nitrogen and oxygen atoms in total. The van der Waals surface area contributed by atoms with Crippen LogP contribution >= 0.6 is 0 Å². The molecule has 0 bridgehead atoms. The van der Waals surface area contributed by atoms with E-state index in [1.54, 1.807) is 0 Å². The molecule has 0 unspecified atom stereocenters. The number of piperidine rings is 1. The Balaban J connectivity index is 0.000000704. The summed E-state index contributed by atoms with van der Waals surface area (Å²) in [4.78, 5) is 7.26. The van der Waals surface area contributed by atoms with Crippen LogP contribution in [0, 0.1) is 0 Å². The maximum absolute atomic E-state index is 4.72. The van der Waals surface area contributed by atoms with Crippen molar-refractivity contribution in [3.8, 4) is 0 Å². The third kappa shape index (κ3) is 3.38. The predicted octanol–water partition coefficient (Wildman–Crippen LogP) is 2.00. The van der Waals surface area contributed by atoms with E-state index in [0.29, 0.717) is 12.0 Å². The molecule has 1 N–H and O–H groups in total. The minimum Gasteiger partial charge on any atom is -0.308 e. The number of nitrogens with zero attached hydrogens (tertiary/aromatic N) is 4. The minimum atomic E-state index is 0.568. The molecule has 0 aliphatic carbocycles. The Labute approximate surface area is 122 Å². The van der Waals surface area contributed by atoms with Gasteiger partial charge in [0.05, 0.1) is 13.1 Å². The van der Waals surface area contributed by atoms with Gasteiger partial charge in [0.15, 0.2) is 5.82 Å². The third-order valence-electron chi connectivity index (χ3n) is 4.17. The van der Waals surface area contributed by atoms with Gasteiger partial charge >= 0.3 is 0 Å². The lowest BCUT2D eigenvalue weighted by atomic mass is 9.95. The number of hydrogen-bond acceptors (Lipinski definition) is 4. The number of aromatic nitrogens is 3. The van der Waals surface area contributed by atoms with Crippen molar-refractivity contribution >= 4 is 0 Å². The first kappa shape index (κ1) is 15.4. The molecule has 2 aliphatic heterocycles. The van der Waals surface area contributed by atoms with Gasteiger partial charge in [-0.2, -0.15) is 5.10 Å². The van der Waals surface area contributed by atoms with Gasteiger partial charge in [-0.3, -0.25) is 0 Å². The zero-order valence-electron chi connectivity index (χ0n) is 13.4. The second-order valence-corrected chi connectivity index (χ2v) is 5.69. The summed E-state index contributed by atoms with van der Waals surface area (Å²) in [7, 11) is 0. The summed E-state index contributed by atoms with van der Waals surface area (Å²) in [6.07, 6.45) is 2.41. The third-order valence-corrected chi connectivity index (χ3v) is 4.17. The molecule has 0 amide bonds. The van der Waals surface area contributed by atoms with E-state index in [2.05, 4.69) is 28.7 Å². The smallest absolute Gasteiger partial charge is 0.154 e. The van der Waals surface area contributed by atoms with Crippen LogP contribution < -0.4 is 5.32 Å². The maximum Gasteiger partial charge on any atom is 0.154 e. The van der Waals surface area contributed by atoms with Gasteiger partial charge in [-0.25, -0.2) is 9.67 Å². The lowest BCUT2D eigenvalue weighted by Gasteiger charge is -2.33. The van der Waals surface area contributed by atoms with Gasteiger partial charge in [0.1, 0.15) is 5.82 Å². The fourth-order valence-corrected chi connectivity index (χ4v) is 2.94. The van der Waals surface area contributed by atoms with Crippen LogP contribution in [0.2, 0.25) is 0 Å². The molecule has 3 rings (SSSR count). The van der Waals surface area contributed by atoms with Crippen molar-refractivity contribution in [3.63, 3.8) is 0 Å². The van der Waals surface area contributed by atoms with Gasteiger partial charge < -0.3 is 10.2 Å². The summed E-state index contributed by atoms with van der Waals surface area (Å²) in [6, 6.07) is 0.665. The molecular formula is C15H29N5. The Morgan fingerprint density at radius 3 is 2.45 bits per heavy atom. The molecule has 0 radical (unpaired) electrons. The summed E-state index contributed by atoms with van der Waals surface area (Å²) in [5, 5.41) is 8.04. The van der Waals surface area contributed by atoms with E-state index in [1.807, 2.05) is 13.8 Å². The highest BCUT2D eigenvalue weighted by Crippen LogP contribution is 2.27. The monoisotopic (exact) mass is 279 g/mol. The van der Waals surface area contributed by atoms with Gasteiger partial charge in [-0.05, 0) is 39.8 Å².